The lowest BCUT2D eigenvalue weighted by Crippen LogP contribution is -2.35. The van der Waals surface area contributed by atoms with Crippen LogP contribution in [0, 0.1) is 6.92 Å². The van der Waals surface area contributed by atoms with Crippen molar-refractivity contribution in [2.45, 2.75) is 13.8 Å². The average Bonchev–Trinajstić information content (AvgIpc) is 3.01. The van der Waals surface area contributed by atoms with E-state index in [2.05, 4.69) is 0 Å². The SMILES string of the molecule is CCOc1ccc2oc(C(=O)OCC(=O)c3c(N)n(C)c(=O)[nH]c3=O)c(C)c2c1. The Balaban J connectivity index is 1.82. The molecule has 0 aliphatic rings. The molecular weight excluding hydrogens is 382 g/mol. The van der Waals surface area contributed by atoms with Crippen molar-refractivity contribution in [1.29, 1.82) is 0 Å². The minimum absolute atomic E-state index is 0.0659. The summed E-state index contributed by atoms with van der Waals surface area (Å²) in [6.45, 7) is 3.28. The lowest BCUT2D eigenvalue weighted by molar-refractivity contribution is 0.0445. The van der Waals surface area contributed by atoms with Gasteiger partial charge in [0.15, 0.2) is 6.61 Å². The monoisotopic (exact) mass is 401 g/mol. The highest BCUT2D eigenvalue weighted by Crippen LogP contribution is 2.29. The molecule has 0 bridgehead atoms. The number of H-pyrrole nitrogens is 1. The number of anilines is 1. The number of hydrogen-bond donors (Lipinski definition) is 2. The number of ether oxygens (including phenoxy) is 2. The molecule has 29 heavy (non-hydrogen) atoms. The van der Waals surface area contributed by atoms with E-state index in [9.17, 15) is 19.2 Å². The van der Waals surface area contributed by atoms with Crippen molar-refractivity contribution < 1.29 is 23.5 Å². The van der Waals surface area contributed by atoms with Crippen LogP contribution >= 0.6 is 0 Å². The number of aryl methyl sites for hydroxylation is 1. The second-order valence-corrected chi connectivity index (χ2v) is 6.23. The Labute approximate surface area is 163 Å². The second kappa shape index (κ2) is 7.66. The zero-order chi connectivity index (χ0) is 21.3. The Morgan fingerprint density at radius 1 is 1.28 bits per heavy atom. The highest BCUT2D eigenvalue weighted by Gasteiger charge is 2.23. The molecule has 0 fully saturated rings. The van der Waals surface area contributed by atoms with Crippen molar-refractivity contribution >= 4 is 28.5 Å². The number of nitrogens with two attached hydrogens (primary N) is 1. The van der Waals surface area contributed by atoms with Gasteiger partial charge < -0.3 is 19.6 Å². The Morgan fingerprint density at radius 3 is 2.69 bits per heavy atom. The summed E-state index contributed by atoms with van der Waals surface area (Å²) in [5, 5.41) is 0.674. The van der Waals surface area contributed by atoms with Gasteiger partial charge in [0, 0.05) is 18.0 Å². The fourth-order valence-corrected chi connectivity index (χ4v) is 2.83. The smallest absolute Gasteiger partial charge is 0.375 e. The van der Waals surface area contributed by atoms with E-state index >= 15 is 0 Å². The van der Waals surface area contributed by atoms with Gasteiger partial charge in [0.25, 0.3) is 5.56 Å². The minimum Gasteiger partial charge on any atom is -0.494 e. The van der Waals surface area contributed by atoms with Crippen molar-refractivity contribution in [2.24, 2.45) is 7.05 Å². The van der Waals surface area contributed by atoms with Gasteiger partial charge in [0.1, 0.15) is 22.7 Å². The van der Waals surface area contributed by atoms with E-state index < -0.39 is 35.2 Å². The molecule has 10 nitrogen and oxygen atoms in total. The number of nitrogens with one attached hydrogen (secondary N) is 1. The Hall–Kier alpha value is -3.82. The highest BCUT2D eigenvalue weighted by atomic mass is 16.5. The van der Waals surface area contributed by atoms with E-state index in [-0.39, 0.29) is 11.6 Å². The van der Waals surface area contributed by atoms with E-state index in [1.807, 2.05) is 11.9 Å². The molecule has 10 heteroatoms. The predicted octanol–water partition coefficient (Wildman–Crippen LogP) is 1.15. The molecule has 3 rings (SSSR count). The first kappa shape index (κ1) is 19.9. The molecule has 0 saturated carbocycles. The third kappa shape index (κ3) is 3.64. The van der Waals surface area contributed by atoms with Crippen LogP contribution in [0.5, 0.6) is 5.75 Å². The molecule has 0 amide bonds. The van der Waals surface area contributed by atoms with Crippen molar-refractivity contribution in [3.05, 3.63) is 55.9 Å². The number of Topliss-reactive ketones (excluding diaryl/α,β-unsaturated/α-hetero) is 1. The van der Waals surface area contributed by atoms with E-state index in [4.69, 9.17) is 19.6 Å². The summed E-state index contributed by atoms with van der Waals surface area (Å²) in [5.74, 6) is -1.47. The fraction of sp³-hybridized carbons (Fsp3) is 0.263. The Kier molecular flexibility index (Phi) is 5.26. The van der Waals surface area contributed by atoms with Gasteiger partial charge in [-0.3, -0.25) is 19.1 Å². The summed E-state index contributed by atoms with van der Waals surface area (Å²) in [7, 11) is 1.30. The van der Waals surface area contributed by atoms with Gasteiger partial charge in [0.05, 0.1) is 6.61 Å². The number of aromatic amines is 1. The van der Waals surface area contributed by atoms with Gasteiger partial charge in [-0.2, -0.15) is 0 Å². The summed E-state index contributed by atoms with van der Waals surface area (Å²) < 4.78 is 16.9. The number of nitrogen functional groups attached to an aromatic ring is 1. The Bertz CT molecular complexity index is 1230. The van der Waals surface area contributed by atoms with Crippen LogP contribution in [0.4, 0.5) is 5.82 Å². The van der Waals surface area contributed by atoms with E-state index in [0.29, 0.717) is 28.9 Å². The van der Waals surface area contributed by atoms with Crippen LogP contribution in [-0.4, -0.2) is 34.5 Å². The molecule has 0 spiro atoms. The maximum Gasteiger partial charge on any atom is 0.375 e. The van der Waals surface area contributed by atoms with Crippen LogP contribution in [0.15, 0.2) is 32.2 Å². The van der Waals surface area contributed by atoms with Crippen LogP contribution < -0.4 is 21.7 Å². The first-order chi connectivity index (χ1) is 13.7. The first-order valence-electron chi connectivity index (χ1n) is 8.69. The zero-order valence-electron chi connectivity index (χ0n) is 16.0. The minimum atomic E-state index is -0.949. The lowest BCUT2D eigenvalue weighted by Gasteiger charge is -2.08. The highest BCUT2D eigenvalue weighted by molar-refractivity contribution is 6.02. The predicted molar refractivity (Wildman–Crippen MR) is 103 cm³/mol. The van der Waals surface area contributed by atoms with Gasteiger partial charge >= 0.3 is 11.7 Å². The quantitative estimate of drug-likeness (QED) is 0.462. The molecule has 3 N–H and O–H groups in total. The number of hydrogen-bond acceptors (Lipinski definition) is 8. The van der Waals surface area contributed by atoms with E-state index in [0.717, 1.165) is 4.57 Å². The van der Waals surface area contributed by atoms with Crippen molar-refractivity contribution in [1.82, 2.24) is 9.55 Å². The van der Waals surface area contributed by atoms with Gasteiger partial charge in [-0.1, -0.05) is 0 Å². The molecular formula is C19H19N3O7. The fourth-order valence-electron chi connectivity index (χ4n) is 2.83. The van der Waals surface area contributed by atoms with Crippen molar-refractivity contribution in [2.75, 3.05) is 18.9 Å². The van der Waals surface area contributed by atoms with Crippen molar-refractivity contribution in [3.8, 4) is 5.75 Å². The number of carbonyl (C=O) groups is 2. The molecule has 0 atom stereocenters. The van der Waals surface area contributed by atoms with Gasteiger partial charge in [-0.25, -0.2) is 9.59 Å². The molecule has 1 aromatic carbocycles. The van der Waals surface area contributed by atoms with E-state index in [1.165, 1.54) is 7.05 Å². The standard InChI is InChI=1S/C19H19N3O7/c1-4-27-10-5-6-13-11(7-10)9(2)15(29-13)18(25)28-8-12(23)14-16(20)22(3)19(26)21-17(14)24/h5-7H,4,8,20H2,1-3H3,(H,21,24,26). The molecule has 2 heterocycles. The number of fused-ring (bicyclic) bond motifs is 1. The van der Waals surface area contributed by atoms with Crippen LogP contribution in [-0.2, 0) is 11.8 Å². The second-order valence-electron chi connectivity index (χ2n) is 6.23. The van der Waals surface area contributed by atoms with Crippen LogP contribution in [0.3, 0.4) is 0 Å². The zero-order valence-corrected chi connectivity index (χ0v) is 16.0. The third-order valence-corrected chi connectivity index (χ3v) is 4.39. The Morgan fingerprint density at radius 2 is 2.00 bits per heavy atom. The van der Waals surface area contributed by atoms with E-state index in [1.54, 1.807) is 25.1 Å². The van der Waals surface area contributed by atoms with Gasteiger partial charge in [-0.05, 0) is 32.0 Å². The summed E-state index contributed by atoms with van der Waals surface area (Å²) in [5.41, 5.74) is 4.49. The van der Waals surface area contributed by atoms with Crippen LogP contribution in [0.1, 0.15) is 33.4 Å². The summed E-state index contributed by atoms with van der Waals surface area (Å²) >= 11 is 0. The molecule has 0 unspecified atom stereocenters. The molecule has 3 aromatic rings. The van der Waals surface area contributed by atoms with Gasteiger partial charge in [0.2, 0.25) is 11.5 Å². The number of carbonyl (C=O) groups excluding carboxylic acids is 2. The molecule has 0 aliphatic carbocycles. The van der Waals surface area contributed by atoms with Crippen LogP contribution in [0.25, 0.3) is 11.0 Å². The first-order valence-corrected chi connectivity index (χ1v) is 8.69. The number of furan rings is 1. The number of aromatic nitrogens is 2. The van der Waals surface area contributed by atoms with Crippen molar-refractivity contribution in [3.63, 3.8) is 0 Å². The number of nitrogens with zero attached hydrogens (tertiary/aromatic N) is 1. The maximum absolute atomic E-state index is 12.4. The third-order valence-electron chi connectivity index (χ3n) is 4.39. The maximum atomic E-state index is 12.4. The normalized spacial score (nSPS) is 10.9. The number of rotatable bonds is 6. The summed E-state index contributed by atoms with van der Waals surface area (Å²) in [6.07, 6.45) is 0. The number of benzene rings is 1. The average molecular weight is 401 g/mol. The summed E-state index contributed by atoms with van der Waals surface area (Å²) in [4.78, 5) is 50.1. The lowest BCUT2D eigenvalue weighted by atomic mass is 10.1. The molecule has 0 aliphatic heterocycles. The number of ketones is 1. The topological polar surface area (TPSA) is 147 Å². The molecule has 0 saturated heterocycles. The molecule has 0 radical (unpaired) electrons. The molecule has 152 valence electrons. The largest absolute Gasteiger partial charge is 0.494 e. The van der Waals surface area contributed by atoms with Gasteiger partial charge in [-0.15, -0.1) is 0 Å². The number of esters is 1. The summed E-state index contributed by atoms with van der Waals surface area (Å²) in [6, 6.07) is 5.12. The molecule has 2 aromatic heterocycles. The van der Waals surface area contributed by atoms with Crippen LogP contribution in [0.2, 0.25) is 0 Å².